The summed E-state index contributed by atoms with van der Waals surface area (Å²) in [7, 11) is 2.07. The van der Waals surface area contributed by atoms with Gasteiger partial charge in [-0.1, -0.05) is 90.4 Å². The van der Waals surface area contributed by atoms with Crippen molar-refractivity contribution in [3.05, 3.63) is 48.3 Å². The molecule has 2 aromatic rings. The zero-order valence-corrected chi connectivity index (χ0v) is 34.2. The number of carboxylic acids is 1. The van der Waals surface area contributed by atoms with Crippen molar-refractivity contribution < 1.29 is 24.1 Å². The highest BCUT2D eigenvalue weighted by Gasteiger charge is 2.73. The lowest BCUT2D eigenvalue weighted by Gasteiger charge is -2.71. The molecule has 3 saturated carbocycles. The summed E-state index contributed by atoms with van der Waals surface area (Å²) in [5.74, 6) is 1.16. The van der Waals surface area contributed by atoms with E-state index in [0.29, 0.717) is 31.0 Å². The predicted octanol–water partition coefficient (Wildman–Crippen LogP) is 8.23. The van der Waals surface area contributed by atoms with Crippen LogP contribution >= 0.6 is 0 Å². The first kappa shape index (κ1) is 38.3. The van der Waals surface area contributed by atoms with Gasteiger partial charge in [0.25, 0.3) is 0 Å². The minimum absolute atomic E-state index is 0.0596. The Labute approximate surface area is 323 Å². The second kappa shape index (κ2) is 13.5. The van der Waals surface area contributed by atoms with E-state index in [1.165, 1.54) is 5.57 Å². The van der Waals surface area contributed by atoms with E-state index in [2.05, 4.69) is 95.9 Å². The van der Waals surface area contributed by atoms with Gasteiger partial charge in [0.05, 0.1) is 37.9 Å². The van der Waals surface area contributed by atoms with Crippen LogP contribution in [0.2, 0.25) is 0 Å². The molecule has 0 spiro atoms. The van der Waals surface area contributed by atoms with Crippen molar-refractivity contribution in [1.82, 2.24) is 20.1 Å². The van der Waals surface area contributed by atoms with Crippen LogP contribution in [-0.2, 0) is 19.0 Å². The lowest BCUT2D eigenvalue weighted by molar-refractivity contribution is -0.255. The number of rotatable bonds is 9. The summed E-state index contributed by atoms with van der Waals surface area (Å²) in [5, 5.41) is 19.9. The molecule has 4 aliphatic carbocycles. The van der Waals surface area contributed by atoms with Crippen LogP contribution in [0, 0.1) is 56.7 Å². The molecule has 5 fully saturated rings. The number of aromatic nitrogens is 3. The van der Waals surface area contributed by atoms with E-state index in [4.69, 9.17) is 24.3 Å². The quantitative estimate of drug-likeness (QED) is 0.248. The molecule has 0 radical (unpaired) electrons. The standard InChI is InChI=1S/C45H66N4O5/c1-29(2)30(3)41(5)18-19-42(6)32-14-15-35-40(4)24-34(49-38(47-28-48-49)31-12-10-9-11-13-31)37(54-26-44(46-8)20-22-52-23-21-44)45(35,27-53-25-40)33(32)16-17-43(42,7)36(41)39(50)51/h9-13,16,28-30,32,34-37,46H,14-15,17-27H2,1-8H3,(H,50,51)/t30-,32+,34-,35-,36-,37+,40-,41-,42-,43+,45+/m1/s1. The Morgan fingerprint density at radius 3 is 2.43 bits per heavy atom. The third-order valence-corrected chi connectivity index (χ3v) is 17.5. The first-order valence-corrected chi connectivity index (χ1v) is 21.0. The van der Waals surface area contributed by atoms with E-state index in [1.54, 1.807) is 6.33 Å². The van der Waals surface area contributed by atoms with Crippen molar-refractivity contribution in [3.63, 3.8) is 0 Å². The van der Waals surface area contributed by atoms with Crippen LogP contribution in [0.1, 0.15) is 106 Å². The number of ether oxygens (including phenoxy) is 3. The molecule has 8 rings (SSSR count). The molecule has 54 heavy (non-hydrogen) atoms. The summed E-state index contributed by atoms with van der Waals surface area (Å²) in [6.07, 6.45) is 11.6. The minimum atomic E-state index is -0.622. The summed E-state index contributed by atoms with van der Waals surface area (Å²) in [5.41, 5.74) is 1.04. The fraction of sp³-hybridized carbons (Fsp3) is 0.756. The van der Waals surface area contributed by atoms with Crippen LogP contribution in [0.25, 0.3) is 11.4 Å². The van der Waals surface area contributed by atoms with Crippen LogP contribution in [-0.4, -0.2) is 77.6 Å². The summed E-state index contributed by atoms with van der Waals surface area (Å²) in [6.45, 7) is 19.7. The molecule has 2 aliphatic heterocycles. The third kappa shape index (κ3) is 5.40. The van der Waals surface area contributed by atoms with Gasteiger partial charge in [0.1, 0.15) is 6.33 Å². The molecule has 296 valence electrons. The fourth-order valence-electron chi connectivity index (χ4n) is 13.9. The number of carboxylic acid groups (broad SMARTS) is 1. The van der Waals surface area contributed by atoms with Crippen LogP contribution in [0.15, 0.2) is 48.3 Å². The van der Waals surface area contributed by atoms with Gasteiger partial charge >= 0.3 is 5.97 Å². The number of nitrogens with one attached hydrogen (secondary N) is 1. The summed E-state index contributed by atoms with van der Waals surface area (Å²) >= 11 is 0. The molecule has 0 amide bonds. The van der Waals surface area contributed by atoms with Crippen molar-refractivity contribution in [2.24, 2.45) is 56.7 Å². The Bertz CT molecular complexity index is 1740. The van der Waals surface area contributed by atoms with Gasteiger partial charge in [0.2, 0.25) is 0 Å². The summed E-state index contributed by atoms with van der Waals surface area (Å²) in [6, 6.07) is 10.4. The molecule has 2 N–H and O–H groups in total. The maximum absolute atomic E-state index is 13.7. The molecular weight excluding hydrogens is 677 g/mol. The van der Waals surface area contributed by atoms with Gasteiger partial charge in [-0.25, -0.2) is 9.67 Å². The number of allylic oxidation sites excluding steroid dienone is 1. The zero-order chi connectivity index (χ0) is 38.3. The Morgan fingerprint density at radius 2 is 1.74 bits per heavy atom. The van der Waals surface area contributed by atoms with Crippen molar-refractivity contribution in [1.29, 1.82) is 0 Å². The molecule has 9 nitrogen and oxygen atoms in total. The predicted molar refractivity (Wildman–Crippen MR) is 210 cm³/mol. The molecule has 11 atom stereocenters. The SMILES string of the molecule is CNC1(CO[C@H]2[C@H](n3ncnc3-c3ccccc3)C[C@]3(C)COC[C@@]24C2=CC[C@@]5(C)[C@H](C(=O)O)[C@@](C)([C@H](C)C(C)C)CC[C@]5(C)[C@H]2CC[C@H]34)CCOCC1. The number of carbonyl (C=O) groups is 1. The number of hydrogen-bond acceptors (Lipinski definition) is 7. The topological polar surface area (TPSA) is 108 Å². The molecular formula is C45H66N4O5. The van der Waals surface area contributed by atoms with Crippen LogP contribution < -0.4 is 5.32 Å². The highest BCUT2D eigenvalue weighted by molar-refractivity contribution is 5.73. The Hall–Kier alpha value is -2.59. The Balaban J connectivity index is 1.28. The van der Waals surface area contributed by atoms with Gasteiger partial charge in [0, 0.05) is 29.7 Å². The average Bonchev–Trinajstić information content (AvgIpc) is 3.65. The van der Waals surface area contributed by atoms with E-state index in [-0.39, 0.29) is 50.7 Å². The highest BCUT2D eigenvalue weighted by atomic mass is 16.5. The number of likely N-dealkylation sites (N-methyl/N-ethyl adjacent to an activating group) is 1. The van der Waals surface area contributed by atoms with Crippen molar-refractivity contribution in [2.75, 3.05) is 40.1 Å². The number of nitrogens with zero attached hydrogens (tertiary/aromatic N) is 3. The van der Waals surface area contributed by atoms with E-state index in [0.717, 1.165) is 82.6 Å². The van der Waals surface area contributed by atoms with Gasteiger partial charge in [-0.05, 0) is 104 Å². The highest BCUT2D eigenvalue weighted by Crippen LogP contribution is 2.75. The van der Waals surface area contributed by atoms with Crippen molar-refractivity contribution >= 4 is 5.97 Å². The van der Waals surface area contributed by atoms with E-state index in [1.807, 2.05) is 6.07 Å². The van der Waals surface area contributed by atoms with Gasteiger partial charge in [-0.2, -0.15) is 5.10 Å². The minimum Gasteiger partial charge on any atom is -0.481 e. The molecule has 1 aromatic heterocycles. The fourth-order valence-corrected chi connectivity index (χ4v) is 13.9. The van der Waals surface area contributed by atoms with Gasteiger partial charge in [-0.3, -0.25) is 4.79 Å². The molecule has 2 bridgehead atoms. The first-order chi connectivity index (χ1) is 25.7. The molecule has 3 heterocycles. The van der Waals surface area contributed by atoms with E-state index >= 15 is 0 Å². The number of fused-ring (bicyclic) bond motifs is 3. The lowest BCUT2D eigenvalue weighted by Crippen LogP contribution is -2.70. The Morgan fingerprint density at radius 1 is 1.00 bits per heavy atom. The smallest absolute Gasteiger partial charge is 0.307 e. The second-order valence-electron chi connectivity index (χ2n) is 19.9. The number of hydrogen-bond donors (Lipinski definition) is 2. The molecule has 1 aromatic carbocycles. The largest absolute Gasteiger partial charge is 0.481 e. The normalized spacial score (nSPS) is 41.9. The average molecular weight is 743 g/mol. The lowest BCUT2D eigenvalue weighted by atomic mass is 9.34. The maximum atomic E-state index is 13.7. The van der Waals surface area contributed by atoms with E-state index < -0.39 is 11.9 Å². The molecule has 2 saturated heterocycles. The molecule has 9 heteroatoms. The number of aliphatic carboxylic acids is 1. The summed E-state index contributed by atoms with van der Waals surface area (Å²) in [4.78, 5) is 18.6. The third-order valence-electron chi connectivity index (χ3n) is 17.5. The van der Waals surface area contributed by atoms with Gasteiger partial charge < -0.3 is 24.6 Å². The maximum Gasteiger partial charge on any atom is 0.307 e. The van der Waals surface area contributed by atoms with Gasteiger partial charge in [0.15, 0.2) is 5.82 Å². The molecule has 6 aliphatic rings. The first-order valence-electron chi connectivity index (χ1n) is 21.0. The van der Waals surface area contributed by atoms with Crippen LogP contribution in [0.4, 0.5) is 0 Å². The monoisotopic (exact) mass is 743 g/mol. The number of benzene rings is 1. The Kier molecular flexibility index (Phi) is 9.59. The van der Waals surface area contributed by atoms with Crippen molar-refractivity contribution in [3.8, 4) is 11.4 Å². The summed E-state index contributed by atoms with van der Waals surface area (Å²) < 4.78 is 22.5. The van der Waals surface area contributed by atoms with Crippen LogP contribution in [0.5, 0.6) is 0 Å². The van der Waals surface area contributed by atoms with Crippen molar-refractivity contribution in [2.45, 2.75) is 118 Å². The molecule has 0 unspecified atom stereocenters. The van der Waals surface area contributed by atoms with E-state index in [9.17, 15) is 9.90 Å². The van der Waals surface area contributed by atoms with Crippen LogP contribution in [0.3, 0.4) is 0 Å². The second-order valence-corrected chi connectivity index (χ2v) is 19.9. The zero-order valence-electron chi connectivity index (χ0n) is 34.2. The van der Waals surface area contributed by atoms with Gasteiger partial charge in [-0.15, -0.1) is 0 Å².